The van der Waals surface area contributed by atoms with Gasteiger partial charge >= 0.3 is 0 Å². The third-order valence-corrected chi connectivity index (χ3v) is 8.70. The molecule has 1 amide bonds. The number of halogens is 1. The molecule has 0 saturated carbocycles. The van der Waals surface area contributed by atoms with Crippen LogP contribution < -0.4 is 10.0 Å². The highest BCUT2D eigenvalue weighted by Gasteiger charge is 2.29. The molecular weight excluding hydrogens is 445 g/mol. The molecule has 2 heterocycles. The van der Waals surface area contributed by atoms with Gasteiger partial charge in [-0.15, -0.1) is 11.3 Å². The van der Waals surface area contributed by atoms with Gasteiger partial charge in [0.1, 0.15) is 14.9 Å². The minimum atomic E-state index is -4.10. The van der Waals surface area contributed by atoms with E-state index < -0.39 is 43.2 Å². The highest BCUT2D eigenvalue weighted by Crippen LogP contribution is 2.24. The number of morpholine rings is 1. The lowest BCUT2D eigenvalue weighted by molar-refractivity contribution is -0.115. The number of nitrogens with one attached hydrogen (secondary N) is 2. The van der Waals surface area contributed by atoms with Crippen molar-refractivity contribution in [1.82, 2.24) is 9.03 Å². The fraction of sp³-hybridized carbons (Fsp3) is 0.312. The standard InChI is InChI=1S/C16H18FN3O6S3/c17-13-4-3-12(10-14(13)29(24,25)20-5-7-26-8-6-20)19-15(21)11-18-28(22,23)16-2-1-9-27-16/h1-4,9-10,18H,5-8,11H2,(H,19,21). The zero-order valence-electron chi connectivity index (χ0n) is 15.0. The molecule has 0 aliphatic carbocycles. The number of hydrogen-bond donors (Lipinski definition) is 2. The van der Waals surface area contributed by atoms with Crippen molar-refractivity contribution in [2.45, 2.75) is 9.10 Å². The van der Waals surface area contributed by atoms with Gasteiger partial charge in [0.2, 0.25) is 15.9 Å². The molecular formula is C16H18FN3O6S3. The fourth-order valence-corrected chi connectivity index (χ4v) is 6.08. The Kier molecular flexibility index (Phi) is 6.65. The van der Waals surface area contributed by atoms with E-state index in [1.165, 1.54) is 12.1 Å². The Hall–Kier alpha value is -1.90. The van der Waals surface area contributed by atoms with E-state index >= 15 is 0 Å². The van der Waals surface area contributed by atoms with Gasteiger partial charge < -0.3 is 10.1 Å². The van der Waals surface area contributed by atoms with Crippen LogP contribution in [0.25, 0.3) is 0 Å². The molecule has 0 radical (unpaired) electrons. The van der Waals surface area contributed by atoms with E-state index in [-0.39, 0.29) is 36.2 Å². The van der Waals surface area contributed by atoms with Gasteiger partial charge in [-0.3, -0.25) is 4.79 Å². The van der Waals surface area contributed by atoms with Gasteiger partial charge in [0.05, 0.1) is 19.8 Å². The van der Waals surface area contributed by atoms with E-state index in [4.69, 9.17) is 4.74 Å². The van der Waals surface area contributed by atoms with Crippen LogP contribution in [0, 0.1) is 5.82 Å². The van der Waals surface area contributed by atoms with E-state index in [0.717, 1.165) is 27.8 Å². The molecule has 29 heavy (non-hydrogen) atoms. The van der Waals surface area contributed by atoms with E-state index in [1.807, 2.05) is 0 Å². The van der Waals surface area contributed by atoms with Gasteiger partial charge in [0.25, 0.3) is 10.0 Å². The summed E-state index contributed by atoms with van der Waals surface area (Å²) in [6.07, 6.45) is 0. The Balaban J connectivity index is 1.70. The molecule has 2 N–H and O–H groups in total. The quantitative estimate of drug-likeness (QED) is 0.627. The third-order valence-electron chi connectivity index (χ3n) is 3.99. The minimum Gasteiger partial charge on any atom is -0.379 e. The van der Waals surface area contributed by atoms with Crippen LogP contribution in [0.1, 0.15) is 0 Å². The number of rotatable bonds is 7. The van der Waals surface area contributed by atoms with Crippen molar-refractivity contribution in [3.8, 4) is 0 Å². The molecule has 0 atom stereocenters. The first-order valence-electron chi connectivity index (χ1n) is 8.40. The lowest BCUT2D eigenvalue weighted by atomic mass is 10.3. The van der Waals surface area contributed by atoms with E-state index in [0.29, 0.717) is 0 Å². The average Bonchev–Trinajstić information content (AvgIpc) is 3.24. The van der Waals surface area contributed by atoms with Crippen LogP contribution in [0.2, 0.25) is 0 Å². The Morgan fingerprint density at radius 1 is 1.17 bits per heavy atom. The molecule has 9 nitrogen and oxygen atoms in total. The number of benzene rings is 1. The second-order valence-corrected chi connectivity index (χ2v) is 10.8. The van der Waals surface area contributed by atoms with Crippen molar-refractivity contribution in [3.63, 3.8) is 0 Å². The zero-order chi connectivity index (χ0) is 21.1. The largest absolute Gasteiger partial charge is 0.379 e. The summed E-state index contributed by atoms with van der Waals surface area (Å²) in [5.74, 6) is -1.68. The van der Waals surface area contributed by atoms with Crippen molar-refractivity contribution in [2.24, 2.45) is 0 Å². The van der Waals surface area contributed by atoms with Gasteiger partial charge in [-0.1, -0.05) is 6.07 Å². The highest BCUT2D eigenvalue weighted by molar-refractivity contribution is 7.91. The van der Waals surface area contributed by atoms with Crippen LogP contribution in [-0.2, 0) is 29.6 Å². The van der Waals surface area contributed by atoms with Crippen LogP contribution in [0.3, 0.4) is 0 Å². The summed E-state index contributed by atoms with van der Waals surface area (Å²) in [5, 5.41) is 3.95. The number of hydrogen-bond acceptors (Lipinski definition) is 7. The number of amides is 1. The summed E-state index contributed by atoms with van der Waals surface area (Å²) in [7, 11) is -7.92. The van der Waals surface area contributed by atoms with E-state index in [2.05, 4.69) is 10.0 Å². The summed E-state index contributed by atoms with van der Waals surface area (Å²) in [6, 6.07) is 6.09. The molecule has 1 fully saturated rings. The summed E-state index contributed by atoms with van der Waals surface area (Å²) in [6.45, 7) is 0.0538. The second kappa shape index (κ2) is 8.85. The monoisotopic (exact) mass is 463 g/mol. The maximum absolute atomic E-state index is 14.2. The van der Waals surface area contributed by atoms with E-state index in [9.17, 15) is 26.0 Å². The molecule has 1 saturated heterocycles. The maximum atomic E-state index is 14.2. The molecule has 0 spiro atoms. The van der Waals surface area contributed by atoms with Gasteiger partial charge in [-0.05, 0) is 29.6 Å². The number of thiophene rings is 1. The smallest absolute Gasteiger partial charge is 0.250 e. The van der Waals surface area contributed by atoms with Gasteiger partial charge in [-0.25, -0.2) is 25.9 Å². The van der Waals surface area contributed by atoms with Crippen LogP contribution in [0.5, 0.6) is 0 Å². The normalized spacial score (nSPS) is 15.9. The summed E-state index contributed by atoms with van der Waals surface area (Å²) in [5.41, 5.74) is 0.0264. The summed E-state index contributed by atoms with van der Waals surface area (Å²) >= 11 is 1.00. The first kappa shape index (κ1) is 21.8. The number of ether oxygens (including phenoxy) is 1. The van der Waals surface area contributed by atoms with E-state index in [1.54, 1.807) is 11.4 Å². The van der Waals surface area contributed by atoms with Gasteiger partial charge in [0, 0.05) is 18.8 Å². The lowest BCUT2D eigenvalue weighted by Gasteiger charge is -2.26. The zero-order valence-corrected chi connectivity index (χ0v) is 17.4. The number of nitrogens with zero attached hydrogens (tertiary/aromatic N) is 1. The van der Waals surface area contributed by atoms with Crippen LogP contribution in [-0.4, -0.2) is 59.9 Å². The fourth-order valence-electron chi connectivity index (χ4n) is 2.56. The number of sulfonamides is 2. The lowest BCUT2D eigenvalue weighted by Crippen LogP contribution is -2.41. The molecule has 0 unspecified atom stereocenters. The molecule has 13 heteroatoms. The Morgan fingerprint density at radius 2 is 1.90 bits per heavy atom. The van der Waals surface area contributed by atoms with Crippen molar-refractivity contribution in [3.05, 3.63) is 41.5 Å². The van der Waals surface area contributed by atoms with Gasteiger partial charge in [-0.2, -0.15) is 4.31 Å². The van der Waals surface area contributed by atoms with Crippen molar-refractivity contribution >= 4 is 43.0 Å². The number of carbonyl (C=O) groups is 1. The van der Waals surface area contributed by atoms with Crippen molar-refractivity contribution in [1.29, 1.82) is 0 Å². The molecule has 0 bridgehead atoms. The van der Waals surface area contributed by atoms with Gasteiger partial charge in [0.15, 0.2) is 0 Å². The Morgan fingerprint density at radius 3 is 2.55 bits per heavy atom. The maximum Gasteiger partial charge on any atom is 0.250 e. The van der Waals surface area contributed by atoms with Crippen LogP contribution >= 0.6 is 11.3 Å². The van der Waals surface area contributed by atoms with Crippen molar-refractivity contribution in [2.75, 3.05) is 38.2 Å². The van der Waals surface area contributed by atoms with Crippen LogP contribution in [0.4, 0.5) is 10.1 Å². The topological polar surface area (TPSA) is 122 Å². The predicted molar refractivity (Wildman–Crippen MR) is 104 cm³/mol. The molecule has 158 valence electrons. The van der Waals surface area contributed by atoms with Crippen LogP contribution in [0.15, 0.2) is 44.8 Å². The first-order valence-corrected chi connectivity index (χ1v) is 12.2. The molecule has 1 aromatic heterocycles. The highest BCUT2D eigenvalue weighted by atomic mass is 32.2. The first-order chi connectivity index (χ1) is 13.7. The second-order valence-electron chi connectivity index (χ2n) is 5.97. The SMILES string of the molecule is O=C(CNS(=O)(=O)c1cccs1)Nc1ccc(F)c(S(=O)(=O)N2CCOCC2)c1. The number of anilines is 1. The summed E-state index contributed by atoms with van der Waals surface area (Å²) < 4.78 is 72.0. The molecule has 1 aliphatic rings. The average molecular weight is 464 g/mol. The van der Waals surface area contributed by atoms with Crippen molar-refractivity contribution < 1.29 is 30.8 Å². The summed E-state index contributed by atoms with van der Waals surface area (Å²) in [4.78, 5) is 11.5. The molecule has 1 aromatic carbocycles. The molecule has 2 aromatic rings. The third kappa shape index (κ3) is 5.18. The Bertz CT molecular complexity index is 1080. The number of carbonyl (C=O) groups excluding carboxylic acids is 1. The molecule has 1 aliphatic heterocycles. The Labute approximate surface area is 171 Å². The predicted octanol–water partition coefficient (Wildman–Crippen LogP) is 0.825. The molecule has 3 rings (SSSR count). The minimum absolute atomic E-state index is 0.0264.